The summed E-state index contributed by atoms with van der Waals surface area (Å²) in [6.07, 6.45) is 0.761. The first kappa shape index (κ1) is 12.7. The van der Waals surface area contributed by atoms with E-state index in [0.29, 0.717) is 17.7 Å². The van der Waals surface area contributed by atoms with Gasteiger partial charge in [0, 0.05) is 6.54 Å². The number of nitriles is 1. The van der Waals surface area contributed by atoms with Crippen molar-refractivity contribution >= 4 is 10.0 Å². The van der Waals surface area contributed by atoms with Crippen molar-refractivity contribution in [3.05, 3.63) is 35.4 Å². The van der Waals surface area contributed by atoms with Crippen molar-refractivity contribution in [1.82, 2.24) is 4.72 Å². The van der Waals surface area contributed by atoms with E-state index in [1.54, 1.807) is 24.3 Å². The highest BCUT2D eigenvalue weighted by atomic mass is 32.2. The van der Waals surface area contributed by atoms with E-state index in [2.05, 4.69) is 4.72 Å². The molecule has 0 aliphatic carbocycles. The Hall–Kier alpha value is -1.38. The number of nitrogens with zero attached hydrogens (tertiary/aromatic N) is 1. The molecule has 4 nitrogen and oxygen atoms in total. The number of hydrogen-bond donors (Lipinski definition) is 1. The van der Waals surface area contributed by atoms with Crippen LogP contribution in [-0.2, 0) is 15.8 Å². The van der Waals surface area contributed by atoms with E-state index in [-0.39, 0.29) is 5.75 Å². The molecule has 0 radical (unpaired) electrons. The fourth-order valence-electron chi connectivity index (χ4n) is 1.26. The molecule has 0 spiro atoms. The van der Waals surface area contributed by atoms with Gasteiger partial charge >= 0.3 is 0 Å². The summed E-state index contributed by atoms with van der Waals surface area (Å²) in [5.41, 5.74) is 1.10. The summed E-state index contributed by atoms with van der Waals surface area (Å²) < 4.78 is 25.6. The summed E-state index contributed by atoms with van der Waals surface area (Å²) in [6, 6.07) is 8.60. The first-order valence-electron chi connectivity index (χ1n) is 5.04. The lowest BCUT2D eigenvalue weighted by Crippen LogP contribution is -2.25. The minimum absolute atomic E-state index is 0.0808. The van der Waals surface area contributed by atoms with Gasteiger partial charge in [-0.3, -0.25) is 0 Å². The third-order valence-electron chi connectivity index (χ3n) is 1.98. The van der Waals surface area contributed by atoms with Gasteiger partial charge in [-0.05, 0) is 24.1 Å². The lowest BCUT2D eigenvalue weighted by atomic mass is 10.2. The number of benzene rings is 1. The minimum atomic E-state index is -3.28. The summed E-state index contributed by atoms with van der Waals surface area (Å²) >= 11 is 0. The molecule has 0 fully saturated rings. The fraction of sp³-hybridized carbons (Fsp3) is 0.364. The molecule has 0 aliphatic rings. The zero-order valence-electron chi connectivity index (χ0n) is 9.10. The average molecular weight is 238 g/mol. The van der Waals surface area contributed by atoms with Crippen molar-refractivity contribution in [2.24, 2.45) is 0 Å². The van der Waals surface area contributed by atoms with Gasteiger partial charge in [0.05, 0.1) is 17.4 Å². The van der Waals surface area contributed by atoms with Crippen molar-refractivity contribution in [3.8, 4) is 6.07 Å². The molecule has 0 saturated heterocycles. The van der Waals surface area contributed by atoms with Gasteiger partial charge in [-0.1, -0.05) is 19.1 Å². The van der Waals surface area contributed by atoms with Crippen LogP contribution in [0.1, 0.15) is 24.5 Å². The van der Waals surface area contributed by atoms with Gasteiger partial charge in [0.1, 0.15) is 0 Å². The molecule has 86 valence electrons. The van der Waals surface area contributed by atoms with E-state index >= 15 is 0 Å². The van der Waals surface area contributed by atoms with Gasteiger partial charge < -0.3 is 0 Å². The highest BCUT2D eigenvalue weighted by Gasteiger charge is 2.10. The molecule has 1 N–H and O–H groups in total. The highest BCUT2D eigenvalue weighted by Crippen LogP contribution is 2.07. The molecule has 1 rings (SSSR count). The molecule has 1 aromatic carbocycles. The predicted molar refractivity (Wildman–Crippen MR) is 62.1 cm³/mol. The Labute approximate surface area is 96.0 Å². The predicted octanol–water partition coefficient (Wildman–Crippen LogP) is 1.39. The van der Waals surface area contributed by atoms with Gasteiger partial charge in [0.2, 0.25) is 10.0 Å². The van der Waals surface area contributed by atoms with E-state index < -0.39 is 10.0 Å². The van der Waals surface area contributed by atoms with E-state index in [1.807, 2.05) is 13.0 Å². The normalized spacial score (nSPS) is 11.0. The van der Waals surface area contributed by atoms with E-state index in [0.717, 1.165) is 6.42 Å². The van der Waals surface area contributed by atoms with Crippen LogP contribution >= 0.6 is 0 Å². The van der Waals surface area contributed by atoms with E-state index in [4.69, 9.17) is 5.26 Å². The number of nitrogens with one attached hydrogen (secondary N) is 1. The monoisotopic (exact) mass is 238 g/mol. The highest BCUT2D eigenvalue weighted by molar-refractivity contribution is 7.88. The fourth-order valence-corrected chi connectivity index (χ4v) is 2.49. The van der Waals surface area contributed by atoms with Crippen molar-refractivity contribution in [2.45, 2.75) is 19.1 Å². The van der Waals surface area contributed by atoms with Gasteiger partial charge in [-0.25, -0.2) is 13.1 Å². The van der Waals surface area contributed by atoms with Crippen molar-refractivity contribution in [2.75, 3.05) is 6.54 Å². The standard InChI is InChI=1S/C11H14N2O2S/c1-2-6-13-16(14,15)9-11-5-3-4-10(7-11)8-12/h3-5,7,13H,2,6,9H2,1H3. The summed E-state index contributed by atoms with van der Waals surface area (Å²) in [7, 11) is -3.28. The van der Waals surface area contributed by atoms with Gasteiger partial charge in [-0.15, -0.1) is 0 Å². The van der Waals surface area contributed by atoms with Crippen LogP contribution in [0.2, 0.25) is 0 Å². The third-order valence-corrected chi connectivity index (χ3v) is 3.34. The van der Waals surface area contributed by atoms with E-state index in [9.17, 15) is 8.42 Å². The molecule has 1 aromatic rings. The molecule has 0 atom stereocenters. The first-order valence-corrected chi connectivity index (χ1v) is 6.69. The van der Waals surface area contributed by atoms with Crippen molar-refractivity contribution in [1.29, 1.82) is 5.26 Å². The topological polar surface area (TPSA) is 70.0 Å². The Morgan fingerprint density at radius 2 is 2.19 bits per heavy atom. The van der Waals surface area contributed by atoms with Crippen LogP contribution in [0.4, 0.5) is 0 Å². The van der Waals surface area contributed by atoms with Crippen LogP contribution in [0.25, 0.3) is 0 Å². The Balaban J connectivity index is 2.77. The molecule has 0 unspecified atom stereocenters. The van der Waals surface area contributed by atoms with Crippen LogP contribution in [0, 0.1) is 11.3 Å². The molecule has 16 heavy (non-hydrogen) atoms. The number of rotatable bonds is 5. The number of sulfonamides is 1. The zero-order valence-corrected chi connectivity index (χ0v) is 9.92. The molecule has 0 amide bonds. The first-order chi connectivity index (χ1) is 7.57. The Morgan fingerprint density at radius 1 is 1.44 bits per heavy atom. The molecule has 5 heteroatoms. The molecule has 0 saturated carbocycles. The van der Waals surface area contributed by atoms with Crippen LogP contribution in [0.5, 0.6) is 0 Å². The second kappa shape index (κ2) is 5.64. The second-order valence-corrected chi connectivity index (χ2v) is 5.27. The summed E-state index contributed by atoms with van der Waals surface area (Å²) in [6.45, 7) is 2.35. The molecule has 0 bridgehead atoms. The van der Waals surface area contributed by atoms with Gasteiger partial charge in [-0.2, -0.15) is 5.26 Å². The minimum Gasteiger partial charge on any atom is -0.215 e. The summed E-state index contributed by atoms with van der Waals surface area (Å²) in [5, 5.41) is 8.69. The average Bonchev–Trinajstić information content (AvgIpc) is 2.26. The SMILES string of the molecule is CCCNS(=O)(=O)Cc1cccc(C#N)c1. The molecular weight excluding hydrogens is 224 g/mol. The Morgan fingerprint density at radius 3 is 2.81 bits per heavy atom. The van der Waals surface area contributed by atoms with Crippen LogP contribution in [-0.4, -0.2) is 15.0 Å². The van der Waals surface area contributed by atoms with Crippen LogP contribution in [0.15, 0.2) is 24.3 Å². The van der Waals surface area contributed by atoms with Crippen molar-refractivity contribution < 1.29 is 8.42 Å². The quantitative estimate of drug-likeness (QED) is 0.842. The molecule has 0 aliphatic heterocycles. The third kappa shape index (κ3) is 4.01. The summed E-state index contributed by atoms with van der Waals surface area (Å²) in [4.78, 5) is 0. The lowest BCUT2D eigenvalue weighted by molar-refractivity contribution is 0.580. The maximum atomic E-state index is 11.6. The maximum absolute atomic E-state index is 11.6. The van der Waals surface area contributed by atoms with Crippen LogP contribution < -0.4 is 4.72 Å². The lowest BCUT2D eigenvalue weighted by Gasteiger charge is -2.05. The molecular formula is C11H14N2O2S. The Bertz CT molecular complexity index is 489. The zero-order chi connectivity index (χ0) is 12.0. The Kier molecular flexibility index (Phi) is 4.47. The molecule has 0 heterocycles. The van der Waals surface area contributed by atoms with Gasteiger partial charge in [0.25, 0.3) is 0 Å². The van der Waals surface area contributed by atoms with Gasteiger partial charge in [0.15, 0.2) is 0 Å². The molecule has 0 aromatic heterocycles. The van der Waals surface area contributed by atoms with Crippen molar-refractivity contribution in [3.63, 3.8) is 0 Å². The second-order valence-electron chi connectivity index (χ2n) is 3.47. The van der Waals surface area contributed by atoms with E-state index in [1.165, 1.54) is 0 Å². The number of hydrogen-bond acceptors (Lipinski definition) is 3. The summed E-state index contributed by atoms with van der Waals surface area (Å²) in [5.74, 6) is -0.0808. The smallest absolute Gasteiger partial charge is 0.215 e. The van der Waals surface area contributed by atoms with Crippen LogP contribution in [0.3, 0.4) is 0 Å². The maximum Gasteiger partial charge on any atom is 0.215 e. The largest absolute Gasteiger partial charge is 0.215 e.